The minimum atomic E-state index is 0.419. The van der Waals surface area contributed by atoms with E-state index in [1.54, 1.807) is 18.6 Å². The Balaban J connectivity index is 2.14. The third kappa shape index (κ3) is 1.80. The Morgan fingerprint density at radius 3 is 2.59 bits per heavy atom. The molecule has 0 spiro atoms. The van der Waals surface area contributed by atoms with Crippen molar-refractivity contribution in [1.82, 2.24) is 15.0 Å². The van der Waals surface area contributed by atoms with Gasteiger partial charge in [0.2, 0.25) is 0 Å². The van der Waals surface area contributed by atoms with Crippen LogP contribution in [0, 0.1) is 0 Å². The average molecular weight is 222 g/mol. The number of hydrogen-bond acceptors (Lipinski definition) is 4. The number of fused-ring (bicyclic) bond motifs is 1. The maximum Gasteiger partial charge on any atom is 0.141 e. The molecule has 3 aromatic rings. The second-order valence-electron chi connectivity index (χ2n) is 3.74. The molecule has 1 aromatic carbocycles. The largest absolute Gasteiger partial charge is 0.382 e. The number of anilines is 1. The van der Waals surface area contributed by atoms with Crippen LogP contribution in [-0.2, 0) is 0 Å². The van der Waals surface area contributed by atoms with Crippen molar-refractivity contribution in [2.24, 2.45) is 0 Å². The maximum atomic E-state index is 5.51. The third-order valence-electron chi connectivity index (χ3n) is 2.56. The van der Waals surface area contributed by atoms with E-state index in [4.69, 9.17) is 5.73 Å². The van der Waals surface area contributed by atoms with Crippen LogP contribution in [0.4, 0.5) is 5.82 Å². The van der Waals surface area contributed by atoms with E-state index in [1.807, 2.05) is 30.3 Å². The van der Waals surface area contributed by atoms with Crippen molar-refractivity contribution >= 4 is 16.7 Å². The molecule has 0 aliphatic heterocycles. The number of benzene rings is 1. The highest BCUT2D eigenvalue weighted by Gasteiger charge is 2.02. The van der Waals surface area contributed by atoms with E-state index < -0.39 is 0 Å². The van der Waals surface area contributed by atoms with E-state index in [9.17, 15) is 0 Å². The zero-order chi connectivity index (χ0) is 11.7. The van der Waals surface area contributed by atoms with E-state index in [2.05, 4.69) is 15.0 Å². The van der Waals surface area contributed by atoms with Gasteiger partial charge in [-0.2, -0.15) is 0 Å². The maximum absolute atomic E-state index is 5.51. The molecule has 0 atom stereocenters. The average Bonchev–Trinajstić information content (AvgIpc) is 2.39. The minimum absolute atomic E-state index is 0.419. The molecule has 82 valence electrons. The standard InChI is InChI=1S/C13H10N4/c14-13-8-16-12(7-17-13)10-5-9-3-1-2-4-11(9)15-6-10/h1-8H,(H2,14,17). The summed E-state index contributed by atoms with van der Waals surface area (Å²) in [5, 5.41) is 1.09. The van der Waals surface area contributed by atoms with E-state index >= 15 is 0 Å². The van der Waals surface area contributed by atoms with Crippen LogP contribution in [0.15, 0.2) is 48.9 Å². The zero-order valence-corrected chi connectivity index (χ0v) is 9.04. The van der Waals surface area contributed by atoms with E-state index in [0.717, 1.165) is 22.2 Å². The van der Waals surface area contributed by atoms with Crippen molar-refractivity contribution in [3.05, 3.63) is 48.9 Å². The van der Waals surface area contributed by atoms with Crippen LogP contribution in [0.2, 0.25) is 0 Å². The van der Waals surface area contributed by atoms with E-state index in [0.29, 0.717) is 5.82 Å². The Labute approximate surface area is 98.2 Å². The number of para-hydroxylation sites is 1. The topological polar surface area (TPSA) is 64.7 Å². The number of hydrogen-bond donors (Lipinski definition) is 1. The molecule has 2 aromatic heterocycles. The predicted molar refractivity (Wildman–Crippen MR) is 67.2 cm³/mol. The molecule has 0 bridgehead atoms. The highest BCUT2D eigenvalue weighted by molar-refractivity contribution is 5.82. The van der Waals surface area contributed by atoms with E-state index in [-0.39, 0.29) is 0 Å². The summed E-state index contributed by atoms with van der Waals surface area (Å²) in [5.41, 5.74) is 8.19. The molecule has 0 unspecified atom stereocenters. The fraction of sp³-hybridized carbons (Fsp3) is 0. The van der Waals surface area contributed by atoms with Crippen LogP contribution in [-0.4, -0.2) is 15.0 Å². The molecule has 2 N–H and O–H groups in total. The summed E-state index contributed by atoms with van der Waals surface area (Å²) >= 11 is 0. The van der Waals surface area contributed by atoms with Gasteiger partial charge in [-0.05, 0) is 12.1 Å². The molecule has 2 heterocycles. The molecule has 0 amide bonds. The minimum Gasteiger partial charge on any atom is -0.382 e. The second kappa shape index (κ2) is 3.83. The van der Waals surface area contributed by atoms with Crippen molar-refractivity contribution in [2.45, 2.75) is 0 Å². The molecule has 0 aliphatic carbocycles. The van der Waals surface area contributed by atoms with Crippen LogP contribution in [0.1, 0.15) is 0 Å². The molecular weight excluding hydrogens is 212 g/mol. The van der Waals surface area contributed by atoms with Gasteiger partial charge in [0.15, 0.2) is 0 Å². The first kappa shape index (κ1) is 9.72. The first-order valence-corrected chi connectivity index (χ1v) is 5.25. The Kier molecular flexibility index (Phi) is 2.19. The molecule has 17 heavy (non-hydrogen) atoms. The van der Waals surface area contributed by atoms with Gasteiger partial charge in [0.05, 0.1) is 23.6 Å². The highest BCUT2D eigenvalue weighted by atomic mass is 14.9. The van der Waals surface area contributed by atoms with Crippen LogP contribution in [0.3, 0.4) is 0 Å². The fourth-order valence-electron chi connectivity index (χ4n) is 1.70. The van der Waals surface area contributed by atoms with Gasteiger partial charge in [0.25, 0.3) is 0 Å². The fourth-order valence-corrected chi connectivity index (χ4v) is 1.70. The Hall–Kier alpha value is -2.49. The van der Waals surface area contributed by atoms with Crippen LogP contribution < -0.4 is 5.73 Å². The Morgan fingerprint density at radius 1 is 0.882 bits per heavy atom. The zero-order valence-electron chi connectivity index (χ0n) is 9.04. The van der Waals surface area contributed by atoms with Gasteiger partial charge < -0.3 is 5.73 Å². The summed E-state index contributed by atoms with van der Waals surface area (Å²) in [6.45, 7) is 0. The van der Waals surface area contributed by atoms with Crippen LogP contribution >= 0.6 is 0 Å². The van der Waals surface area contributed by atoms with Gasteiger partial charge >= 0.3 is 0 Å². The number of nitrogens with zero attached hydrogens (tertiary/aromatic N) is 3. The Morgan fingerprint density at radius 2 is 1.76 bits per heavy atom. The summed E-state index contributed by atoms with van der Waals surface area (Å²) in [5.74, 6) is 0.419. The SMILES string of the molecule is Nc1cnc(-c2cnc3ccccc3c2)cn1. The predicted octanol–water partition coefficient (Wildman–Crippen LogP) is 2.27. The van der Waals surface area contributed by atoms with Crippen molar-refractivity contribution in [2.75, 3.05) is 5.73 Å². The van der Waals surface area contributed by atoms with Gasteiger partial charge in [-0.15, -0.1) is 0 Å². The third-order valence-corrected chi connectivity index (χ3v) is 2.56. The van der Waals surface area contributed by atoms with Crippen molar-refractivity contribution in [3.63, 3.8) is 0 Å². The number of nitrogen functional groups attached to an aromatic ring is 1. The van der Waals surface area contributed by atoms with Crippen LogP contribution in [0.5, 0.6) is 0 Å². The van der Waals surface area contributed by atoms with Crippen molar-refractivity contribution in [1.29, 1.82) is 0 Å². The smallest absolute Gasteiger partial charge is 0.141 e. The van der Waals surface area contributed by atoms with Crippen molar-refractivity contribution in [3.8, 4) is 11.3 Å². The molecule has 0 aliphatic rings. The first-order valence-electron chi connectivity index (χ1n) is 5.25. The monoisotopic (exact) mass is 222 g/mol. The summed E-state index contributed by atoms with van der Waals surface area (Å²) in [7, 11) is 0. The summed E-state index contributed by atoms with van der Waals surface area (Å²) in [6, 6.07) is 10.0. The number of pyridine rings is 1. The molecule has 4 heteroatoms. The molecule has 0 radical (unpaired) electrons. The highest BCUT2D eigenvalue weighted by Crippen LogP contribution is 2.20. The molecule has 0 saturated carbocycles. The van der Waals surface area contributed by atoms with Gasteiger partial charge in [-0.25, -0.2) is 4.98 Å². The molecule has 0 fully saturated rings. The second-order valence-corrected chi connectivity index (χ2v) is 3.74. The number of nitrogens with two attached hydrogens (primary N) is 1. The molecular formula is C13H10N4. The summed E-state index contributed by atoms with van der Waals surface area (Å²) < 4.78 is 0. The first-order chi connectivity index (χ1) is 8.33. The quantitative estimate of drug-likeness (QED) is 0.686. The summed E-state index contributed by atoms with van der Waals surface area (Å²) in [6.07, 6.45) is 4.99. The molecule has 4 nitrogen and oxygen atoms in total. The van der Waals surface area contributed by atoms with Gasteiger partial charge in [0, 0.05) is 17.1 Å². The Bertz CT molecular complexity index is 662. The van der Waals surface area contributed by atoms with Crippen molar-refractivity contribution < 1.29 is 0 Å². The lowest BCUT2D eigenvalue weighted by Crippen LogP contribution is -1.92. The van der Waals surface area contributed by atoms with Gasteiger partial charge in [-0.3, -0.25) is 9.97 Å². The molecule has 0 saturated heterocycles. The summed E-state index contributed by atoms with van der Waals surface area (Å²) in [4.78, 5) is 12.6. The van der Waals surface area contributed by atoms with E-state index in [1.165, 1.54) is 0 Å². The van der Waals surface area contributed by atoms with Gasteiger partial charge in [-0.1, -0.05) is 18.2 Å². The molecule has 3 rings (SSSR count). The van der Waals surface area contributed by atoms with Gasteiger partial charge in [0.1, 0.15) is 5.82 Å². The number of rotatable bonds is 1. The normalized spacial score (nSPS) is 10.6. The lowest BCUT2D eigenvalue weighted by atomic mass is 10.1. The van der Waals surface area contributed by atoms with Crippen LogP contribution in [0.25, 0.3) is 22.2 Å². The lowest BCUT2D eigenvalue weighted by molar-refractivity contribution is 1.21. The number of aromatic nitrogens is 3. The lowest BCUT2D eigenvalue weighted by Gasteiger charge is -2.02.